The minimum absolute atomic E-state index is 0.147. The maximum absolute atomic E-state index is 10.8. The van der Waals surface area contributed by atoms with Crippen molar-refractivity contribution in [3.05, 3.63) is 0 Å². The molecule has 0 spiro atoms. The van der Waals surface area contributed by atoms with E-state index in [-0.39, 0.29) is 18.6 Å². The Kier molecular flexibility index (Phi) is 4.70. The monoisotopic (exact) mass is 230 g/mol. The molecule has 1 fully saturated rings. The number of methoxy groups -OCH3 is 1. The lowest BCUT2D eigenvalue weighted by atomic mass is 9.97. The molecule has 1 atom stereocenters. The quantitative estimate of drug-likeness (QED) is 0.672. The van der Waals surface area contributed by atoms with E-state index in [0.29, 0.717) is 25.9 Å². The van der Waals surface area contributed by atoms with E-state index >= 15 is 0 Å². The number of carbonyl (C=O) groups is 2. The van der Waals surface area contributed by atoms with Gasteiger partial charge in [-0.25, -0.2) is 0 Å². The molecule has 1 aliphatic heterocycles. The third kappa shape index (κ3) is 3.46. The first-order valence-corrected chi connectivity index (χ1v) is 5.32. The maximum atomic E-state index is 10.8. The molecule has 1 aliphatic rings. The van der Waals surface area contributed by atoms with Crippen molar-refractivity contribution in [1.82, 2.24) is 4.90 Å². The summed E-state index contributed by atoms with van der Waals surface area (Å²) < 4.78 is 5.17. The van der Waals surface area contributed by atoms with Crippen LogP contribution in [0.25, 0.3) is 0 Å². The first-order valence-electron chi connectivity index (χ1n) is 5.32. The summed E-state index contributed by atoms with van der Waals surface area (Å²) in [6.07, 6.45) is 1.00. The van der Waals surface area contributed by atoms with Gasteiger partial charge in [0, 0.05) is 20.2 Å². The van der Waals surface area contributed by atoms with E-state index in [0.717, 1.165) is 0 Å². The number of carbonyl (C=O) groups excluding carboxylic acids is 1. The molecule has 1 rings (SSSR count). The van der Waals surface area contributed by atoms with E-state index in [4.69, 9.17) is 15.6 Å². The third-order valence-corrected chi connectivity index (χ3v) is 2.93. The van der Waals surface area contributed by atoms with Gasteiger partial charge in [-0.05, 0) is 12.8 Å². The number of hydrogen-bond acceptors (Lipinski definition) is 4. The maximum Gasteiger partial charge on any atom is 0.306 e. The Labute approximate surface area is 94.3 Å². The smallest absolute Gasteiger partial charge is 0.306 e. The van der Waals surface area contributed by atoms with E-state index in [2.05, 4.69) is 0 Å². The van der Waals surface area contributed by atoms with Crippen LogP contribution in [0.2, 0.25) is 0 Å². The third-order valence-electron chi connectivity index (χ3n) is 2.93. The predicted molar refractivity (Wildman–Crippen MR) is 56.5 cm³/mol. The van der Waals surface area contributed by atoms with Gasteiger partial charge in [0.2, 0.25) is 5.91 Å². The van der Waals surface area contributed by atoms with Gasteiger partial charge in [0.15, 0.2) is 0 Å². The standard InChI is InChI=1S/C10H18N2O4/c1-16-9(6-8(11)13)12-4-2-7(3-5-12)10(14)15/h7,9H,2-6H2,1H3,(H2,11,13)(H,14,15). The number of likely N-dealkylation sites (tertiary alicyclic amines) is 1. The summed E-state index contributed by atoms with van der Waals surface area (Å²) in [5.41, 5.74) is 5.11. The number of primary amides is 1. The highest BCUT2D eigenvalue weighted by Crippen LogP contribution is 2.20. The lowest BCUT2D eigenvalue weighted by Gasteiger charge is -2.34. The minimum Gasteiger partial charge on any atom is -0.481 e. The van der Waals surface area contributed by atoms with Crippen LogP contribution in [0.15, 0.2) is 0 Å². The van der Waals surface area contributed by atoms with Gasteiger partial charge in [-0.1, -0.05) is 0 Å². The molecule has 0 saturated carbocycles. The molecule has 1 saturated heterocycles. The van der Waals surface area contributed by atoms with Crippen molar-refractivity contribution in [2.45, 2.75) is 25.5 Å². The number of aliphatic carboxylic acids is 1. The normalized spacial score (nSPS) is 20.6. The molecule has 6 nitrogen and oxygen atoms in total. The van der Waals surface area contributed by atoms with Gasteiger partial charge in [-0.3, -0.25) is 14.5 Å². The molecule has 1 unspecified atom stereocenters. The average molecular weight is 230 g/mol. The Bertz CT molecular complexity index is 262. The molecule has 1 heterocycles. The zero-order valence-electron chi connectivity index (χ0n) is 9.39. The second-order valence-electron chi connectivity index (χ2n) is 4.01. The van der Waals surface area contributed by atoms with Crippen LogP contribution >= 0.6 is 0 Å². The van der Waals surface area contributed by atoms with Gasteiger partial charge in [-0.15, -0.1) is 0 Å². The number of rotatable bonds is 5. The summed E-state index contributed by atoms with van der Waals surface area (Å²) in [7, 11) is 1.52. The number of carboxylic acid groups (broad SMARTS) is 1. The second-order valence-corrected chi connectivity index (χ2v) is 4.01. The van der Waals surface area contributed by atoms with Crippen LogP contribution in [0.5, 0.6) is 0 Å². The van der Waals surface area contributed by atoms with Gasteiger partial charge in [0.25, 0.3) is 0 Å². The van der Waals surface area contributed by atoms with Crippen molar-refractivity contribution in [3.8, 4) is 0 Å². The molecular formula is C10H18N2O4. The van der Waals surface area contributed by atoms with Gasteiger partial charge >= 0.3 is 5.97 Å². The largest absolute Gasteiger partial charge is 0.481 e. The van der Waals surface area contributed by atoms with Crippen LogP contribution in [-0.4, -0.2) is 48.3 Å². The average Bonchev–Trinajstić information content (AvgIpc) is 2.25. The topological polar surface area (TPSA) is 92.9 Å². The Morgan fingerprint density at radius 1 is 1.50 bits per heavy atom. The fourth-order valence-electron chi connectivity index (χ4n) is 1.97. The molecule has 0 aromatic heterocycles. The molecule has 3 N–H and O–H groups in total. The first-order chi connectivity index (χ1) is 7.54. The number of carboxylic acids is 1. The lowest BCUT2D eigenvalue weighted by Crippen LogP contribution is -2.45. The van der Waals surface area contributed by atoms with Crippen LogP contribution in [0.1, 0.15) is 19.3 Å². The van der Waals surface area contributed by atoms with Gasteiger partial charge in [0.1, 0.15) is 6.23 Å². The summed E-state index contributed by atoms with van der Waals surface area (Å²) in [5, 5.41) is 8.84. The fourth-order valence-corrected chi connectivity index (χ4v) is 1.97. The van der Waals surface area contributed by atoms with E-state index in [1.165, 1.54) is 7.11 Å². The first kappa shape index (κ1) is 12.9. The van der Waals surface area contributed by atoms with E-state index in [1.54, 1.807) is 0 Å². The molecule has 0 bridgehead atoms. The Morgan fingerprint density at radius 3 is 2.44 bits per heavy atom. The van der Waals surface area contributed by atoms with E-state index in [9.17, 15) is 9.59 Å². The molecule has 0 aliphatic carbocycles. The molecule has 1 amide bonds. The highest BCUT2D eigenvalue weighted by Gasteiger charge is 2.28. The van der Waals surface area contributed by atoms with Gasteiger partial charge < -0.3 is 15.6 Å². The van der Waals surface area contributed by atoms with E-state index in [1.807, 2.05) is 4.90 Å². The number of hydrogen-bond donors (Lipinski definition) is 2. The molecule has 92 valence electrons. The molecule has 0 radical (unpaired) electrons. The SMILES string of the molecule is COC(CC(N)=O)N1CCC(C(=O)O)CC1. The molecular weight excluding hydrogens is 212 g/mol. The van der Waals surface area contributed by atoms with Crippen LogP contribution in [-0.2, 0) is 14.3 Å². The summed E-state index contributed by atoms with van der Waals surface area (Å²) in [4.78, 5) is 23.5. The molecule has 0 aromatic carbocycles. The van der Waals surface area contributed by atoms with Crippen molar-refractivity contribution in [2.24, 2.45) is 11.7 Å². The van der Waals surface area contributed by atoms with Crippen LogP contribution < -0.4 is 5.73 Å². The fraction of sp³-hybridized carbons (Fsp3) is 0.800. The van der Waals surface area contributed by atoms with Crippen LogP contribution in [0, 0.1) is 5.92 Å². The molecule has 6 heteroatoms. The predicted octanol–water partition coefficient (Wildman–Crippen LogP) is -0.369. The summed E-state index contributed by atoms with van der Waals surface area (Å²) >= 11 is 0. The number of nitrogens with two attached hydrogens (primary N) is 1. The Hall–Kier alpha value is -1.14. The zero-order chi connectivity index (χ0) is 12.1. The van der Waals surface area contributed by atoms with Crippen molar-refractivity contribution < 1.29 is 19.4 Å². The number of nitrogens with zero attached hydrogens (tertiary/aromatic N) is 1. The second kappa shape index (κ2) is 5.81. The number of piperidine rings is 1. The van der Waals surface area contributed by atoms with Gasteiger partial charge in [-0.2, -0.15) is 0 Å². The Morgan fingerprint density at radius 2 is 2.06 bits per heavy atom. The highest BCUT2D eigenvalue weighted by molar-refractivity contribution is 5.74. The summed E-state index contributed by atoms with van der Waals surface area (Å²) in [5.74, 6) is -1.43. The lowest BCUT2D eigenvalue weighted by molar-refractivity contribution is -0.145. The van der Waals surface area contributed by atoms with Crippen LogP contribution in [0.4, 0.5) is 0 Å². The van der Waals surface area contributed by atoms with Gasteiger partial charge in [0.05, 0.1) is 12.3 Å². The van der Waals surface area contributed by atoms with Crippen molar-refractivity contribution in [3.63, 3.8) is 0 Å². The number of ether oxygens (including phenoxy) is 1. The Balaban J connectivity index is 2.44. The van der Waals surface area contributed by atoms with Crippen molar-refractivity contribution >= 4 is 11.9 Å². The molecule has 0 aromatic rings. The number of amides is 1. The minimum atomic E-state index is -0.747. The molecule has 16 heavy (non-hydrogen) atoms. The zero-order valence-corrected chi connectivity index (χ0v) is 9.39. The summed E-state index contributed by atoms with van der Waals surface area (Å²) in [6, 6.07) is 0. The summed E-state index contributed by atoms with van der Waals surface area (Å²) in [6.45, 7) is 1.26. The van der Waals surface area contributed by atoms with Crippen LogP contribution in [0.3, 0.4) is 0 Å². The van der Waals surface area contributed by atoms with Crippen molar-refractivity contribution in [1.29, 1.82) is 0 Å². The highest BCUT2D eigenvalue weighted by atomic mass is 16.5. The van der Waals surface area contributed by atoms with Crippen molar-refractivity contribution in [2.75, 3.05) is 20.2 Å². The van der Waals surface area contributed by atoms with E-state index < -0.39 is 11.9 Å².